The summed E-state index contributed by atoms with van der Waals surface area (Å²) >= 11 is 5.80. The van der Waals surface area contributed by atoms with E-state index in [9.17, 15) is 9.59 Å². The van der Waals surface area contributed by atoms with Crippen LogP contribution < -0.4 is 11.5 Å². The molecule has 0 fully saturated rings. The first-order valence-electron chi connectivity index (χ1n) is 5.08. The highest BCUT2D eigenvalue weighted by molar-refractivity contribution is 6.31. The summed E-state index contributed by atoms with van der Waals surface area (Å²) < 4.78 is 0. The lowest BCUT2D eigenvalue weighted by Crippen LogP contribution is -2.38. The number of hydrogen-bond acceptors (Lipinski definition) is 3. The highest BCUT2D eigenvalue weighted by atomic mass is 35.5. The summed E-state index contributed by atoms with van der Waals surface area (Å²) in [5, 5.41) is 0.415. The summed E-state index contributed by atoms with van der Waals surface area (Å²) in [5.41, 5.74) is 11.4. The second-order valence-electron chi connectivity index (χ2n) is 3.52. The fourth-order valence-corrected chi connectivity index (χ4v) is 1.57. The third-order valence-electron chi connectivity index (χ3n) is 2.26. The molecule has 0 aliphatic carbocycles. The molecule has 0 saturated heterocycles. The van der Waals surface area contributed by atoms with Gasteiger partial charge in [-0.3, -0.25) is 9.59 Å². The molecule has 0 bridgehead atoms. The summed E-state index contributed by atoms with van der Waals surface area (Å²) in [4.78, 5) is 24.2. The van der Waals surface area contributed by atoms with Gasteiger partial charge in [-0.2, -0.15) is 0 Å². The second kappa shape index (κ2) is 5.54. The number of primary amides is 1. The Balaban J connectivity index is 3.01. The Labute approximate surface area is 104 Å². The average Bonchev–Trinajstić information content (AvgIpc) is 2.28. The van der Waals surface area contributed by atoms with E-state index >= 15 is 0 Å². The van der Waals surface area contributed by atoms with Gasteiger partial charge in [-0.25, -0.2) is 0 Å². The molecular weight excluding hydrogens is 242 g/mol. The molecule has 0 unspecified atom stereocenters. The molecule has 0 spiro atoms. The van der Waals surface area contributed by atoms with Crippen LogP contribution in [0.2, 0.25) is 5.02 Å². The van der Waals surface area contributed by atoms with Gasteiger partial charge in [0.05, 0.1) is 12.1 Å². The van der Waals surface area contributed by atoms with Gasteiger partial charge in [-0.05, 0) is 25.1 Å². The highest BCUT2D eigenvalue weighted by Gasteiger charge is 2.18. The largest absolute Gasteiger partial charge is 0.398 e. The Morgan fingerprint density at radius 3 is 2.59 bits per heavy atom. The van der Waals surface area contributed by atoms with Crippen molar-refractivity contribution in [2.75, 3.05) is 18.8 Å². The van der Waals surface area contributed by atoms with Crippen molar-refractivity contribution in [3.63, 3.8) is 0 Å². The molecule has 1 aromatic rings. The summed E-state index contributed by atoms with van der Waals surface area (Å²) in [7, 11) is 0. The van der Waals surface area contributed by atoms with Crippen LogP contribution >= 0.6 is 11.6 Å². The van der Waals surface area contributed by atoms with Crippen molar-refractivity contribution >= 4 is 29.1 Å². The number of benzene rings is 1. The Morgan fingerprint density at radius 2 is 2.06 bits per heavy atom. The summed E-state index contributed by atoms with van der Waals surface area (Å²) in [6.07, 6.45) is 0. The number of anilines is 1. The molecule has 17 heavy (non-hydrogen) atoms. The maximum Gasteiger partial charge on any atom is 0.256 e. The minimum atomic E-state index is -0.569. The topological polar surface area (TPSA) is 89.4 Å². The van der Waals surface area contributed by atoms with Crippen LogP contribution in [-0.2, 0) is 4.79 Å². The molecule has 1 rings (SSSR count). The van der Waals surface area contributed by atoms with Gasteiger partial charge in [0.25, 0.3) is 5.91 Å². The number of amides is 2. The Kier molecular flexibility index (Phi) is 4.34. The van der Waals surface area contributed by atoms with E-state index in [0.29, 0.717) is 17.3 Å². The van der Waals surface area contributed by atoms with Gasteiger partial charge in [0, 0.05) is 17.3 Å². The van der Waals surface area contributed by atoms with Crippen molar-refractivity contribution in [2.24, 2.45) is 5.73 Å². The van der Waals surface area contributed by atoms with Gasteiger partial charge in [-0.1, -0.05) is 11.6 Å². The SMILES string of the molecule is CCN(CC(N)=O)C(=O)c1cc(Cl)ccc1N. The van der Waals surface area contributed by atoms with Crippen molar-refractivity contribution in [1.82, 2.24) is 4.90 Å². The number of halogens is 1. The van der Waals surface area contributed by atoms with Gasteiger partial charge in [0.15, 0.2) is 0 Å². The Bertz CT molecular complexity index is 448. The fraction of sp³-hybridized carbons (Fsp3) is 0.273. The molecular formula is C11H14ClN3O2. The monoisotopic (exact) mass is 255 g/mol. The van der Waals surface area contributed by atoms with Crippen molar-refractivity contribution in [3.8, 4) is 0 Å². The Hall–Kier alpha value is -1.75. The number of likely N-dealkylation sites (N-methyl/N-ethyl adjacent to an activating group) is 1. The number of nitrogens with zero attached hydrogens (tertiary/aromatic N) is 1. The molecule has 0 aromatic heterocycles. The van der Waals surface area contributed by atoms with Crippen LogP contribution in [0.1, 0.15) is 17.3 Å². The third kappa shape index (κ3) is 3.35. The lowest BCUT2D eigenvalue weighted by atomic mass is 10.1. The number of rotatable bonds is 4. The normalized spacial score (nSPS) is 10.0. The molecule has 0 aliphatic heterocycles. The molecule has 0 heterocycles. The van der Waals surface area contributed by atoms with Crippen LogP contribution in [-0.4, -0.2) is 29.8 Å². The zero-order valence-corrected chi connectivity index (χ0v) is 10.2. The maximum atomic E-state index is 12.1. The third-order valence-corrected chi connectivity index (χ3v) is 2.50. The molecule has 92 valence electrons. The van der Waals surface area contributed by atoms with Crippen LogP contribution in [0.3, 0.4) is 0 Å². The molecule has 0 radical (unpaired) electrons. The lowest BCUT2D eigenvalue weighted by molar-refractivity contribution is -0.118. The van der Waals surface area contributed by atoms with Gasteiger partial charge < -0.3 is 16.4 Å². The van der Waals surface area contributed by atoms with Crippen LogP contribution in [0.4, 0.5) is 5.69 Å². The minimum Gasteiger partial charge on any atom is -0.398 e. The molecule has 5 nitrogen and oxygen atoms in total. The van der Waals surface area contributed by atoms with E-state index < -0.39 is 5.91 Å². The number of nitrogen functional groups attached to an aromatic ring is 1. The highest BCUT2D eigenvalue weighted by Crippen LogP contribution is 2.19. The minimum absolute atomic E-state index is 0.138. The molecule has 2 amide bonds. The molecule has 0 aliphatic rings. The number of carbonyl (C=O) groups is 2. The summed E-state index contributed by atoms with van der Waals surface area (Å²) in [6, 6.07) is 4.62. The first-order chi connectivity index (χ1) is 7.95. The van der Waals surface area contributed by atoms with Gasteiger partial charge in [0.1, 0.15) is 0 Å². The van der Waals surface area contributed by atoms with Crippen LogP contribution in [0.5, 0.6) is 0 Å². The summed E-state index contributed by atoms with van der Waals surface area (Å²) in [5.74, 6) is -0.924. The second-order valence-corrected chi connectivity index (χ2v) is 3.95. The van der Waals surface area contributed by atoms with E-state index in [-0.39, 0.29) is 18.0 Å². The van der Waals surface area contributed by atoms with E-state index in [4.69, 9.17) is 23.1 Å². The van der Waals surface area contributed by atoms with E-state index in [2.05, 4.69) is 0 Å². The van der Waals surface area contributed by atoms with E-state index in [1.165, 1.54) is 11.0 Å². The average molecular weight is 256 g/mol. The molecule has 1 aromatic carbocycles. The van der Waals surface area contributed by atoms with E-state index in [0.717, 1.165) is 0 Å². The quantitative estimate of drug-likeness (QED) is 0.783. The molecule has 6 heteroatoms. The number of carbonyl (C=O) groups excluding carboxylic acids is 2. The van der Waals surface area contributed by atoms with E-state index in [1.807, 2.05) is 0 Å². The molecule has 0 atom stereocenters. The standard InChI is InChI=1S/C11H14ClN3O2/c1-2-15(6-10(14)16)11(17)8-5-7(12)3-4-9(8)13/h3-5H,2,6,13H2,1H3,(H2,14,16). The van der Waals surface area contributed by atoms with E-state index in [1.54, 1.807) is 19.1 Å². The zero-order chi connectivity index (χ0) is 13.0. The predicted molar refractivity (Wildman–Crippen MR) is 66.6 cm³/mol. The van der Waals surface area contributed by atoms with Crippen molar-refractivity contribution < 1.29 is 9.59 Å². The van der Waals surface area contributed by atoms with Crippen LogP contribution in [0.15, 0.2) is 18.2 Å². The first kappa shape index (κ1) is 13.3. The zero-order valence-electron chi connectivity index (χ0n) is 9.44. The van der Waals surface area contributed by atoms with Gasteiger partial charge in [0.2, 0.25) is 5.91 Å². The lowest BCUT2D eigenvalue weighted by Gasteiger charge is -2.20. The number of hydrogen-bond donors (Lipinski definition) is 2. The van der Waals surface area contributed by atoms with Gasteiger partial charge in [-0.15, -0.1) is 0 Å². The van der Waals surface area contributed by atoms with Crippen LogP contribution in [0.25, 0.3) is 0 Å². The molecule has 0 saturated carbocycles. The fourth-order valence-electron chi connectivity index (χ4n) is 1.40. The first-order valence-corrected chi connectivity index (χ1v) is 5.46. The number of nitrogens with two attached hydrogens (primary N) is 2. The Morgan fingerprint density at radius 1 is 1.41 bits per heavy atom. The van der Waals surface area contributed by atoms with Crippen LogP contribution in [0, 0.1) is 0 Å². The van der Waals surface area contributed by atoms with Crippen molar-refractivity contribution in [1.29, 1.82) is 0 Å². The smallest absolute Gasteiger partial charge is 0.256 e. The maximum absolute atomic E-state index is 12.1. The predicted octanol–water partition coefficient (Wildman–Crippen LogP) is 0.870. The van der Waals surface area contributed by atoms with Crippen molar-refractivity contribution in [2.45, 2.75) is 6.92 Å². The van der Waals surface area contributed by atoms with Gasteiger partial charge >= 0.3 is 0 Å². The summed E-state index contributed by atoms with van der Waals surface area (Å²) in [6.45, 7) is 1.98. The molecule has 4 N–H and O–H groups in total. The van der Waals surface area contributed by atoms with Crippen molar-refractivity contribution in [3.05, 3.63) is 28.8 Å².